The van der Waals surface area contributed by atoms with Gasteiger partial charge < -0.3 is 9.80 Å². The zero-order valence-electron chi connectivity index (χ0n) is 17.3. The van der Waals surface area contributed by atoms with Gasteiger partial charge in [0.25, 0.3) is 5.56 Å². The molecule has 3 rings (SSSR count). The monoisotopic (exact) mass is 389 g/mol. The van der Waals surface area contributed by atoms with E-state index in [1.807, 2.05) is 4.90 Å². The van der Waals surface area contributed by atoms with Crippen molar-refractivity contribution >= 4 is 11.8 Å². The molecule has 3 heterocycles. The minimum Gasteiger partial charge on any atom is -0.345 e. The van der Waals surface area contributed by atoms with Gasteiger partial charge in [0.05, 0.1) is 18.2 Å². The van der Waals surface area contributed by atoms with Crippen molar-refractivity contribution in [1.29, 1.82) is 0 Å². The Hall–Kier alpha value is -2.22. The molecule has 1 aromatic heterocycles. The third-order valence-corrected chi connectivity index (χ3v) is 5.64. The van der Waals surface area contributed by atoms with Crippen LogP contribution in [0.1, 0.15) is 32.9 Å². The average molecular weight is 390 g/mol. The summed E-state index contributed by atoms with van der Waals surface area (Å²) >= 11 is 0. The number of rotatable bonds is 4. The van der Waals surface area contributed by atoms with Crippen LogP contribution in [0.2, 0.25) is 0 Å². The minimum atomic E-state index is -0.202. The Bertz CT molecular complexity index is 790. The number of hydrogen-bond acceptors (Lipinski definition) is 5. The second kappa shape index (κ2) is 8.03. The lowest BCUT2D eigenvalue weighted by Gasteiger charge is -2.35. The number of aromatic nitrogens is 2. The van der Waals surface area contributed by atoms with Crippen LogP contribution in [0, 0.1) is 5.92 Å². The lowest BCUT2D eigenvalue weighted by molar-refractivity contribution is -0.137. The van der Waals surface area contributed by atoms with Crippen LogP contribution >= 0.6 is 0 Å². The van der Waals surface area contributed by atoms with Crippen molar-refractivity contribution in [3.8, 4) is 0 Å². The molecular weight excluding hydrogens is 358 g/mol. The van der Waals surface area contributed by atoms with E-state index in [2.05, 4.69) is 30.8 Å². The fourth-order valence-electron chi connectivity index (χ4n) is 3.72. The fraction of sp³-hybridized carbons (Fsp3) is 0.700. The summed E-state index contributed by atoms with van der Waals surface area (Å²) < 4.78 is 1.54. The second-order valence-electron chi connectivity index (χ2n) is 8.87. The van der Waals surface area contributed by atoms with Crippen molar-refractivity contribution in [2.45, 2.75) is 39.2 Å². The Morgan fingerprint density at radius 1 is 1.11 bits per heavy atom. The highest BCUT2D eigenvalue weighted by atomic mass is 16.2. The van der Waals surface area contributed by atoms with Gasteiger partial charge >= 0.3 is 0 Å². The summed E-state index contributed by atoms with van der Waals surface area (Å²) in [7, 11) is 1.75. The third kappa shape index (κ3) is 4.60. The van der Waals surface area contributed by atoms with Gasteiger partial charge in [0, 0.05) is 64.2 Å². The average Bonchev–Trinajstić information content (AvgIpc) is 2.98. The van der Waals surface area contributed by atoms with Crippen LogP contribution in [-0.4, -0.2) is 82.6 Å². The van der Waals surface area contributed by atoms with E-state index in [0.717, 1.165) is 25.3 Å². The number of piperazine rings is 1. The summed E-state index contributed by atoms with van der Waals surface area (Å²) in [5.41, 5.74) is 0.715. The number of carbonyl (C=O) groups is 2. The first-order chi connectivity index (χ1) is 13.1. The Morgan fingerprint density at radius 3 is 2.36 bits per heavy atom. The quantitative estimate of drug-likeness (QED) is 0.733. The van der Waals surface area contributed by atoms with Gasteiger partial charge in [-0.2, -0.15) is 5.10 Å². The first kappa shape index (κ1) is 20.5. The van der Waals surface area contributed by atoms with Gasteiger partial charge in [0.1, 0.15) is 0 Å². The predicted octanol–water partition coefficient (Wildman–Crippen LogP) is 0.163. The smallest absolute Gasteiger partial charge is 0.266 e. The maximum atomic E-state index is 12.6. The number of carbonyl (C=O) groups excluding carboxylic acids is 2. The number of likely N-dealkylation sites (tertiary alicyclic amines) is 1. The molecule has 0 N–H and O–H groups in total. The third-order valence-electron chi connectivity index (χ3n) is 5.64. The zero-order chi connectivity index (χ0) is 20.5. The summed E-state index contributed by atoms with van der Waals surface area (Å²) in [4.78, 5) is 42.2. The molecule has 2 aliphatic rings. The largest absolute Gasteiger partial charge is 0.345 e. The number of hydrogen-bond donors (Lipinski definition) is 0. The predicted molar refractivity (Wildman–Crippen MR) is 106 cm³/mol. The van der Waals surface area contributed by atoms with Crippen molar-refractivity contribution in [1.82, 2.24) is 24.5 Å². The molecule has 8 heteroatoms. The van der Waals surface area contributed by atoms with Crippen LogP contribution in [0.5, 0.6) is 0 Å². The highest BCUT2D eigenvalue weighted by Gasteiger charge is 2.35. The Morgan fingerprint density at radius 2 is 1.79 bits per heavy atom. The molecule has 0 aromatic carbocycles. The Balaban J connectivity index is 1.51. The van der Waals surface area contributed by atoms with Gasteiger partial charge in [-0.1, -0.05) is 20.8 Å². The lowest BCUT2D eigenvalue weighted by atomic mass is 9.92. The van der Waals surface area contributed by atoms with Crippen molar-refractivity contribution in [3.63, 3.8) is 0 Å². The highest BCUT2D eigenvalue weighted by Crippen LogP contribution is 2.20. The molecule has 28 heavy (non-hydrogen) atoms. The summed E-state index contributed by atoms with van der Waals surface area (Å²) in [5, 5.41) is 4.51. The van der Waals surface area contributed by atoms with E-state index in [0.29, 0.717) is 32.6 Å². The van der Waals surface area contributed by atoms with E-state index >= 15 is 0 Å². The van der Waals surface area contributed by atoms with E-state index in [9.17, 15) is 14.4 Å². The Kier molecular flexibility index (Phi) is 5.88. The molecule has 0 radical (unpaired) electrons. The first-order valence-electron chi connectivity index (χ1n) is 9.99. The molecule has 1 atom stereocenters. The molecule has 2 aliphatic heterocycles. The van der Waals surface area contributed by atoms with Gasteiger partial charge in [0.2, 0.25) is 11.8 Å². The van der Waals surface area contributed by atoms with Gasteiger partial charge in [-0.05, 0) is 6.07 Å². The van der Waals surface area contributed by atoms with E-state index in [-0.39, 0.29) is 28.7 Å². The Labute approximate surface area is 166 Å². The summed E-state index contributed by atoms with van der Waals surface area (Å²) in [6.45, 7) is 10.9. The molecule has 8 nitrogen and oxygen atoms in total. The first-order valence-corrected chi connectivity index (χ1v) is 9.99. The maximum Gasteiger partial charge on any atom is 0.266 e. The van der Waals surface area contributed by atoms with Crippen molar-refractivity contribution in [2.24, 2.45) is 5.92 Å². The van der Waals surface area contributed by atoms with Crippen molar-refractivity contribution < 1.29 is 9.59 Å². The number of nitrogens with zero attached hydrogens (tertiary/aromatic N) is 5. The summed E-state index contributed by atoms with van der Waals surface area (Å²) in [6, 6.07) is 3.39. The molecule has 2 fully saturated rings. The second-order valence-corrected chi connectivity index (χ2v) is 8.87. The minimum absolute atomic E-state index is 0.0485. The van der Waals surface area contributed by atoms with E-state index in [1.54, 1.807) is 24.1 Å². The van der Waals surface area contributed by atoms with Crippen LogP contribution < -0.4 is 5.56 Å². The van der Waals surface area contributed by atoms with Crippen LogP contribution in [0.3, 0.4) is 0 Å². The van der Waals surface area contributed by atoms with E-state index in [4.69, 9.17) is 0 Å². The molecule has 0 aliphatic carbocycles. The van der Waals surface area contributed by atoms with Gasteiger partial charge in [-0.15, -0.1) is 0 Å². The maximum absolute atomic E-state index is 12.6. The fourth-order valence-corrected chi connectivity index (χ4v) is 3.72. The lowest BCUT2D eigenvalue weighted by Crippen LogP contribution is -2.51. The molecule has 154 valence electrons. The number of amides is 2. The normalized spacial score (nSPS) is 21.4. The van der Waals surface area contributed by atoms with Gasteiger partial charge in [-0.3, -0.25) is 19.3 Å². The van der Waals surface area contributed by atoms with E-state index in [1.165, 1.54) is 4.68 Å². The molecule has 1 unspecified atom stereocenters. The summed E-state index contributed by atoms with van der Waals surface area (Å²) in [5.74, 6) is -0.0625. The molecular formula is C20H31N5O3. The van der Waals surface area contributed by atoms with Crippen LogP contribution in [-0.2, 0) is 21.5 Å². The van der Waals surface area contributed by atoms with E-state index < -0.39 is 0 Å². The van der Waals surface area contributed by atoms with Crippen molar-refractivity contribution in [2.75, 3.05) is 46.3 Å². The highest BCUT2D eigenvalue weighted by molar-refractivity contribution is 5.89. The molecule has 2 saturated heterocycles. The van der Waals surface area contributed by atoms with Crippen LogP contribution in [0.4, 0.5) is 0 Å². The summed E-state index contributed by atoms with van der Waals surface area (Å²) in [6.07, 6.45) is 0.328. The SMILES string of the molecule is CN1CC(C(=O)N2CCN(CCn3nc(C(C)(C)C)ccc3=O)CC2)CC1=O. The van der Waals surface area contributed by atoms with Crippen LogP contribution in [0.15, 0.2) is 16.9 Å². The van der Waals surface area contributed by atoms with Crippen molar-refractivity contribution in [3.05, 3.63) is 28.2 Å². The zero-order valence-corrected chi connectivity index (χ0v) is 17.3. The molecule has 2 amide bonds. The molecule has 0 saturated carbocycles. The topological polar surface area (TPSA) is 78.8 Å². The van der Waals surface area contributed by atoms with Gasteiger partial charge in [-0.25, -0.2) is 4.68 Å². The van der Waals surface area contributed by atoms with Crippen LogP contribution in [0.25, 0.3) is 0 Å². The molecule has 1 aromatic rings. The molecule has 0 spiro atoms. The molecule has 0 bridgehead atoms. The standard InChI is InChI=1S/C20H31N5O3/c1-20(2,3)16-5-6-17(26)25(21-16)12-9-23-7-10-24(11-8-23)19(28)15-13-18(27)22(4)14-15/h5-6,15H,7-14H2,1-4H3. The van der Waals surface area contributed by atoms with Gasteiger partial charge in [0.15, 0.2) is 0 Å².